The molecule has 0 aliphatic carbocycles. The van der Waals surface area contributed by atoms with Gasteiger partial charge in [-0.3, -0.25) is 0 Å². The third-order valence-corrected chi connectivity index (χ3v) is 1.91. The molecule has 0 fully saturated rings. The number of hydrogen-bond donors (Lipinski definition) is 1. The number of rotatable bonds is 5. The first-order chi connectivity index (χ1) is 7.27. The van der Waals surface area contributed by atoms with Crippen LogP contribution in [-0.4, -0.2) is 13.7 Å². The van der Waals surface area contributed by atoms with E-state index in [9.17, 15) is 0 Å². The van der Waals surface area contributed by atoms with Crippen LogP contribution in [0.3, 0.4) is 0 Å². The van der Waals surface area contributed by atoms with Gasteiger partial charge in [0.1, 0.15) is 0 Å². The van der Waals surface area contributed by atoms with Crippen LogP contribution in [-0.2, 0) is 0 Å². The van der Waals surface area contributed by atoms with Crippen molar-refractivity contribution >= 4 is 5.69 Å². The summed E-state index contributed by atoms with van der Waals surface area (Å²) in [5.41, 5.74) is 6.27. The van der Waals surface area contributed by atoms with Crippen molar-refractivity contribution in [1.82, 2.24) is 0 Å². The van der Waals surface area contributed by atoms with Crippen molar-refractivity contribution in [1.29, 1.82) is 0 Å². The maximum atomic E-state index is 5.62. The quantitative estimate of drug-likeness (QED) is 0.454. The molecule has 2 N–H and O–H groups in total. The van der Waals surface area contributed by atoms with Gasteiger partial charge >= 0.3 is 0 Å². The standard InChI is InChI=1S/C12H15NO2/c1-3-4-5-8-15-11-7-6-10(13)9-12(11)14-2/h1,6-7,9H,4-5,8,13H2,2H3. The molecular weight excluding hydrogens is 190 g/mol. The topological polar surface area (TPSA) is 44.5 Å². The Hall–Kier alpha value is -1.82. The van der Waals surface area contributed by atoms with Gasteiger partial charge in [-0.15, -0.1) is 12.3 Å². The highest BCUT2D eigenvalue weighted by Crippen LogP contribution is 2.28. The molecule has 0 aliphatic rings. The minimum Gasteiger partial charge on any atom is -0.493 e. The summed E-state index contributed by atoms with van der Waals surface area (Å²) < 4.78 is 10.6. The highest BCUT2D eigenvalue weighted by molar-refractivity contribution is 5.51. The zero-order valence-electron chi connectivity index (χ0n) is 8.82. The molecule has 3 heteroatoms. The third-order valence-electron chi connectivity index (χ3n) is 1.91. The molecule has 15 heavy (non-hydrogen) atoms. The van der Waals surface area contributed by atoms with Crippen LogP contribution in [0.2, 0.25) is 0 Å². The van der Waals surface area contributed by atoms with E-state index in [1.807, 2.05) is 0 Å². The molecule has 3 nitrogen and oxygen atoms in total. The number of benzene rings is 1. The zero-order chi connectivity index (χ0) is 11.1. The predicted molar refractivity (Wildman–Crippen MR) is 61.0 cm³/mol. The summed E-state index contributed by atoms with van der Waals surface area (Å²) in [7, 11) is 1.59. The first-order valence-corrected chi connectivity index (χ1v) is 4.77. The number of nitrogen functional groups attached to an aromatic ring is 1. The highest BCUT2D eigenvalue weighted by atomic mass is 16.5. The molecule has 0 atom stereocenters. The van der Waals surface area contributed by atoms with Crippen molar-refractivity contribution in [3.8, 4) is 23.8 Å². The normalized spacial score (nSPS) is 9.33. The molecule has 0 saturated carbocycles. The maximum absolute atomic E-state index is 5.62. The van der Waals surface area contributed by atoms with Gasteiger partial charge in [0.15, 0.2) is 11.5 Å². The minimum absolute atomic E-state index is 0.588. The van der Waals surface area contributed by atoms with Gasteiger partial charge in [-0.05, 0) is 18.6 Å². The summed E-state index contributed by atoms with van der Waals surface area (Å²) in [6.07, 6.45) is 6.69. The molecule has 0 radical (unpaired) electrons. The second kappa shape index (κ2) is 5.82. The fraction of sp³-hybridized carbons (Fsp3) is 0.333. The molecule has 0 unspecified atom stereocenters. The van der Waals surface area contributed by atoms with Gasteiger partial charge in [0.05, 0.1) is 13.7 Å². The number of hydrogen-bond acceptors (Lipinski definition) is 3. The molecule has 0 aliphatic heterocycles. The van der Waals surface area contributed by atoms with Gasteiger partial charge in [-0.1, -0.05) is 0 Å². The lowest BCUT2D eigenvalue weighted by Crippen LogP contribution is -1.99. The Morgan fingerprint density at radius 1 is 1.40 bits per heavy atom. The van der Waals surface area contributed by atoms with Gasteiger partial charge in [0, 0.05) is 18.2 Å². The molecule has 80 valence electrons. The number of unbranched alkanes of at least 4 members (excludes halogenated alkanes) is 1. The van der Waals surface area contributed by atoms with Crippen LogP contribution >= 0.6 is 0 Å². The summed E-state index contributed by atoms with van der Waals surface area (Å²) in [4.78, 5) is 0. The Bertz CT molecular complexity index is 355. The van der Waals surface area contributed by atoms with Gasteiger partial charge < -0.3 is 15.2 Å². The van der Waals surface area contributed by atoms with E-state index in [-0.39, 0.29) is 0 Å². The molecule has 0 heterocycles. The second-order valence-electron chi connectivity index (χ2n) is 3.07. The Labute approximate surface area is 90.2 Å². The minimum atomic E-state index is 0.588. The molecule has 0 spiro atoms. The molecule has 1 aromatic carbocycles. The molecule has 1 rings (SSSR count). The summed E-state index contributed by atoms with van der Waals surface area (Å²) in [5, 5.41) is 0. The molecule has 0 saturated heterocycles. The highest BCUT2D eigenvalue weighted by Gasteiger charge is 2.03. The van der Waals surface area contributed by atoms with Crippen molar-refractivity contribution in [3.63, 3.8) is 0 Å². The van der Waals surface area contributed by atoms with Crippen LogP contribution in [0.4, 0.5) is 5.69 Å². The monoisotopic (exact) mass is 205 g/mol. The summed E-state index contributed by atoms with van der Waals surface area (Å²) in [5.74, 6) is 3.91. The Morgan fingerprint density at radius 3 is 2.87 bits per heavy atom. The van der Waals surface area contributed by atoms with Crippen LogP contribution < -0.4 is 15.2 Å². The first-order valence-electron chi connectivity index (χ1n) is 4.77. The smallest absolute Gasteiger partial charge is 0.162 e. The van der Waals surface area contributed by atoms with Gasteiger partial charge in [0.25, 0.3) is 0 Å². The van der Waals surface area contributed by atoms with Gasteiger partial charge in [-0.2, -0.15) is 0 Å². The predicted octanol–water partition coefficient (Wildman–Crippen LogP) is 2.07. The van der Waals surface area contributed by atoms with E-state index >= 15 is 0 Å². The van der Waals surface area contributed by atoms with Crippen LogP contribution in [0.5, 0.6) is 11.5 Å². The SMILES string of the molecule is C#CCCCOc1ccc(N)cc1OC. The van der Waals surface area contributed by atoms with Crippen molar-refractivity contribution in [2.75, 3.05) is 19.5 Å². The van der Waals surface area contributed by atoms with Gasteiger partial charge in [0.2, 0.25) is 0 Å². The third kappa shape index (κ3) is 3.43. The first kappa shape index (κ1) is 11.3. The van der Waals surface area contributed by atoms with Crippen LogP contribution in [0.1, 0.15) is 12.8 Å². The number of terminal acetylenes is 1. The molecular formula is C12H15NO2. The molecule has 1 aromatic rings. The van der Waals surface area contributed by atoms with E-state index < -0.39 is 0 Å². The zero-order valence-corrected chi connectivity index (χ0v) is 8.82. The fourth-order valence-electron chi connectivity index (χ4n) is 1.16. The average Bonchev–Trinajstić information content (AvgIpc) is 2.26. The van der Waals surface area contributed by atoms with Crippen LogP contribution in [0.15, 0.2) is 18.2 Å². The molecule has 0 bridgehead atoms. The average molecular weight is 205 g/mol. The van der Waals surface area contributed by atoms with Crippen molar-refractivity contribution < 1.29 is 9.47 Å². The lowest BCUT2D eigenvalue weighted by atomic mass is 10.3. The Kier molecular flexibility index (Phi) is 4.36. The Balaban J connectivity index is 2.57. The van der Waals surface area contributed by atoms with Crippen LogP contribution in [0, 0.1) is 12.3 Å². The molecule has 0 aromatic heterocycles. The summed E-state index contributed by atoms with van der Waals surface area (Å²) >= 11 is 0. The van der Waals surface area contributed by atoms with Crippen molar-refractivity contribution in [2.45, 2.75) is 12.8 Å². The van der Waals surface area contributed by atoms with E-state index in [2.05, 4.69) is 5.92 Å². The van der Waals surface area contributed by atoms with Crippen molar-refractivity contribution in [3.05, 3.63) is 18.2 Å². The summed E-state index contributed by atoms with van der Waals surface area (Å²) in [6.45, 7) is 0.588. The van der Waals surface area contributed by atoms with Crippen LogP contribution in [0.25, 0.3) is 0 Å². The number of ether oxygens (including phenoxy) is 2. The van der Waals surface area contributed by atoms with E-state index in [1.54, 1.807) is 25.3 Å². The molecule has 0 amide bonds. The lowest BCUT2D eigenvalue weighted by molar-refractivity contribution is 0.291. The van der Waals surface area contributed by atoms with Gasteiger partial charge in [-0.25, -0.2) is 0 Å². The number of nitrogens with two attached hydrogens (primary N) is 1. The lowest BCUT2D eigenvalue weighted by Gasteiger charge is -2.10. The largest absolute Gasteiger partial charge is 0.493 e. The number of methoxy groups -OCH3 is 1. The summed E-state index contributed by atoms with van der Waals surface area (Å²) in [6, 6.07) is 5.31. The van der Waals surface area contributed by atoms with E-state index in [0.29, 0.717) is 23.8 Å². The van der Waals surface area contributed by atoms with E-state index in [1.165, 1.54) is 0 Å². The fourth-order valence-corrected chi connectivity index (χ4v) is 1.16. The maximum Gasteiger partial charge on any atom is 0.162 e. The second-order valence-corrected chi connectivity index (χ2v) is 3.07. The Morgan fingerprint density at radius 2 is 2.20 bits per heavy atom. The van der Waals surface area contributed by atoms with E-state index in [4.69, 9.17) is 21.6 Å². The number of anilines is 1. The van der Waals surface area contributed by atoms with E-state index in [0.717, 1.165) is 12.8 Å². The van der Waals surface area contributed by atoms with Crippen molar-refractivity contribution in [2.24, 2.45) is 0 Å².